The Morgan fingerprint density at radius 3 is 2.62 bits per heavy atom. The van der Waals surface area contributed by atoms with Gasteiger partial charge in [0.25, 0.3) is 0 Å². The van der Waals surface area contributed by atoms with Gasteiger partial charge in [0.2, 0.25) is 15.8 Å². The third-order valence-electron chi connectivity index (χ3n) is 3.41. The fourth-order valence-corrected chi connectivity index (χ4v) is 4.12. The summed E-state index contributed by atoms with van der Waals surface area (Å²) in [4.78, 5) is 9.36. The van der Waals surface area contributed by atoms with E-state index in [1.165, 1.54) is 4.31 Å². The number of rotatable bonds is 3. The number of benzene rings is 1. The van der Waals surface area contributed by atoms with Crippen LogP contribution in [0.2, 0.25) is 0 Å². The SMILES string of the molecule is CC1CC(N)CN(S(=O)(=O)c2ccc([N+](=O)[O-])c(F)c2)C1. The third kappa shape index (κ3) is 3.20. The maximum Gasteiger partial charge on any atom is 0.304 e. The summed E-state index contributed by atoms with van der Waals surface area (Å²) in [7, 11) is -3.90. The summed E-state index contributed by atoms with van der Waals surface area (Å²) in [6, 6.07) is 2.31. The van der Waals surface area contributed by atoms with Crippen molar-refractivity contribution in [3.8, 4) is 0 Å². The molecule has 116 valence electrons. The lowest BCUT2D eigenvalue weighted by Gasteiger charge is -2.33. The molecular weight excluding hydrogens is 301 g/mol. The summed E-state index contributed by atoms with van der Waals surface area (Å²) in [5.74, 6) is -1.07. The van der Waals surface area contributed by atoms with Crippen LogP contribution in [0.4, 0.5) is 10.1 Å². The molecule has 1 aromatic rings. The summed E-state index contributed by atoms with van der Waals surface area (Å²) >= 11 is 0. The Hall–Kier alpha value is -1.58. The third-order valence-corrected chi connectivity index (χ3v) is 5.24. The average Bonchev–Trinajstić information content (AvgIpc) is 2.36. The van der Waals surface area contributed by atoms with Gasteiger partial charge in [-0.25, -0.2) is 8.42 Å². The van der Waals surface area contributed by atoms with Crippen LogP contribution >= 0.6 is 0 Å². The van der Waals surface area contributed by atoms with Crippen LogP contribution < -0.4 is 5.73 Å². The molecule has 0 aromatic heterocycles. The summed E-state index contributed by atoms with van der Waals surface area (Å²) in [6.45, 7) is 2.35. The van der Waals surface area contributed by atoms with Crippen LogP contribution in [0.5, 0.6) is 0 Å². The number of piperidine rings is 1. The Morgan fingerprint density at radius 2 is 2.10 bits per heavy atom. The Morgan fingerprint density at radius 1 is 1.43 bits per heavy atom. The molecule has 2 N–H and O–H groups in total. The van der Waals surface area contributed by atoms with Crippen molar-refractivity contribution in [3.63, 3.8) is 0 Å². The van der Waals surface area contributed by atoms with Crippen LogP contribution in [-0.4, -0.2) is 36.8 Å². The smallest absolute Gasteiger partial charge is 0.304 e. The molecule has 1 heterocycles. The number of nitrogens with zero attached hydrogens (tertiary/aromatic N) is 2. The molecule has 0 aliphatic carbocycles. The van der Waals surface area contributed by atoms with Gasteiger partial charge in [-0.3, -0.25) is 10.1 Å². The maximum atomic E-state index is 13.6. The average molecular weight is 317 g/mol. The first-order valence-corrected chi connectivity index (χ1v) is 7.85. The summed E-state index contributed by atoms with van der Waals surface area (Å²) < 4.78 is 39.7. The van der Waals surface area contributed by atoms with Crippen molar-refractivity contribution in [2.24, 2.45) is 11.7 Å². The molecule has 7 nitrogen and oxygen atoms in total. The van der Waals surface area contributed by atoms with Crippen LogP contribution in [0, 0.1) is 21.8 Å². The van der Waals surface area contributed by atoms with Gasteiger partial charge < -0.3 is 5.73 Å². The van der Waals surface area contributed by atoms with Gasteiger partial charge in [-0.05, 0) is 18.4 Å². The van der Waals surface area contributed by atoms with Crippen molar-refractivity contribution in [1.29, 1.82) is 0 Å². The Kier molecular flexibility index (Phi) is 4.26. The van der Waals surface area contributed by atoms with E-state index in [-0.39, 0.29) is 23.4 Å². The minimum absolute atomic E-state index is 0.103. The topological polar surface area (TPSA) is 107 Å². The number of sulfonamides is 1. The second kappa shape index (κ2) is 5.66. The van der Waals surface area contributed by atoms with Gasteiger partial charge in [0, 0.05) is 31.3 Å². The molecule has 1 aliphatic rings. The van der Waals surface area contributed by atoms with Gasteiger partial charge in [0.05, 0.1) is 9.82 Å². The van der Waals surface area contributed by atoms with Gasteiger partial charge >= 0.3 is 5.69 Å². The number of hydrogen-bond donors (Lipinski definition) is 1. The summed E-state index contributed by atoms with van der Waals surface area (Å²) in [6.07, 6.45) is 0.723. The van der Waals surface area contributed by atoms with E-state index >= 15 is 0 Å². The second-order valence-electron chi connectivity index (χ2n) is 5.29. The zero-order chi connectivity index (χ0) is 15.8. The number of nitro benzene ring substituents is 1. The monoisotopic (exact) mass is 317 g/mol. The number of nitro groups is 1. The van der Waals surface area contributed by atoms with E-state index in [4.69, 9.17) is 5.73 Å². The molecule has 1 saturated heterocycles. The molecule has 0 amide bonds. The molecule has 0 saturated carbocycles. The standard InChI is InChI=1S/C12H16FN3O4S/c1-8-4-9(14)7-15(6-8)21(19,20)10-2-3-12(16(17)18)11(13)5-10/h2-3,5,8-9H,4,6-7,14H2,1H3. The minimum Gasteiger partial charge on any atom is -0.326 e. The molecular formula is C12H16FN3O4S. The molecule has 9 heteroatoms. The van der Waals surface area contributed by atoms with E-state index in [0.29, 0.717) is 12.6 Å². The van der Waals surface area contributed by atoms with Gasteiger partial charge in [-0.1, -0.05) is 6.92 Å². The predicted molar refractivity (Wildman–Crippen MR) is 73.6 cm³/mol. The molecule has 1 aromatic carbocycles. The number of halogens is 1. The first-order chi connectivity index (χ1) is 9.71. The van der Waals surface area contributed by atoms with Crippen LogP contribution in [-0.2, 0) is 10.0 Å². The molecule has 0 radical (unpaired) electrons. The molecule has 0 bridgehead atoms. The Labute approximate surface area is 121 Å². The number of nitrogens with two attached hydrogens (primary N) is 1. The van der Waals surface area contributed by atoms with Gasteiger partial charge in [0.15, 0.2) is 0 Å². The van der Waals surface area contributed by atoms with E-state index in [0.717, 1.165) is 18.6 Å². The molecule has 2 rings (SSSR count). The fourth-order valence-electron chi connectivity index (χ4n) is 2.49. The summed E-state index contributed by atoms with van der Waals surface area (Å²) in [5, 5.41) is 10.6. The summed E-state index contributed by atoms with van der Waals surface area (Å²) in [5.41, 5.74) is 5.06. The highest BCUT2D eigenvalue weighted by atomic mass is 32.2. The number of hydrogen-bond acceptors (Lipinski definition) is 5. The van der Waals surface area contributed by atoms with Crippen molar-refractivity contribution >= 4 is 15.7 Å². The van der Waals surface area contributed by atoms with E-state index in [9.17, 15) is 22.9 Å². The van der Waals surface area contributed by atoms with Crippen molar-refractivity contribution < 1.29 is 17.7 Å². The quantitative estimate of drug-likeness (QED) is 0.663. The van der Waals surface area contributed by atoms with Crippen molar-refractivity contribution in [1.82, 2.24) is 4.31 Å². The molecule has 0 spiro atoms. The lowest BCUT2D eigenvalue weighted by atomic mass is 9.99. The fraction of sp³-hybridized carbons (Fsp3) is 0.500. The molecule has 21 heavy (non-hydrogen) atoms. The Balaban J connectivity index is 2.35. The largest absolute Gasteiger partial charge is 0.326 e. The normalized spacial score (nSPS) is 24.0. The van der Waals surface area contributed by atoms with Gasteiger partial charge in [-0.2, -0.15) is 8.70 Å². The van der Waals surface area contributed by atoms with Gasteiger partial charge in [0.1, 0.15) is 0 Å². The molecule has 1 aliphatic heterocycles. The van der Waals surface area contributed by atoms with E-state index in [2.05, 4.69) is 0 Å². The predicted octanol–water partition coefficient (Wildman–Crippen LogP) is 1.09. The highest BCUT2D eigenvalue weighted by Gasteiger charge is 2.32. The Bertz CT molecular complexity index is 654. The highest BCUT2D eigenvalue weighted by molar-refractivity contribution is 7.89. The molecule has 2 atom stereocenters. The van der Waals surface area contributed by atoms with Crippen LogP contribution in [0.25, 0.3) is 0 Å². The van der Waals surface area contributed by atoms with Crippen LogP contribution in [0.3, 0.4) is 0 Å². The zero-order valence-corrected chi connectivity index (χ0v) is 12.2. The van der Waals surface area contributed by atoms with E-state index < -0.39 is 26.5 Å². The molecule has 2 unspecified atom stereocenters. The van der Waals surface area contributed by atoms with Crippen molar-refractivity contribution in [2.45, 2.75) is 24.3 Å². The molecule has 1 fully saturated rings. The first-order valence-electron chi connectivity index (χ1n) is 6.41. The first kappa shape index (κ1) is 15.8. The van der Waals surface area contributed by atoms with Gasteiger partial charge in [-0.15, -0.1) is 0 Å². The minimum atomic E-state index is -3.90. The van der Waals surface area contributed by atoms with E-state index in [1.807, 2.05) is 6.92 Å². The van der Waals surface area contributed by atoms with Crippen LogP contribution in [0.15, 0.2) is 23.1 Å². The van der Waals surface area contributed by atoms with E-state index in [1.54, 1.807) is 0 Å². The van der Waals surface area contributed by atoms with Crippen molar-refractivity contribution in [2.75, 3.05) is 13.1 Å². The highest BCUT2D eigenvalue weighted by Crippen LogP contribution is 2.26. The lowest BCUT2D eigenvalue weighted by molar-refractivity contribution is -0.387. The second-order valence-corrected chi connectivity index (χ2v) is 7.23. The van der Waals surface area contributed by atoms with Crippen molar-refractivity contribution in [3.05, 3.63) is 34.1 Å². The maximum absolute atomic E-state index is 13.6. The van der Waals surface area contributed by atoms with Crippen LogP contribution in [0.1, 0.15) is 13.3 Å². The zero-order valence-electron chi connectivity index (χ0n) is 11.4. The lowest BCUT2D eigenvalue weighted by Crippen LogP contribution is -2.48.